The first kappa shape index (κ1) is 23.1. The fourth-order valence-electron chi connectivity index (χ4n) is 3.39. The number of rotatable bonds is 8. The highest BCUT2D eigenvalue weighted by molar-refractivity contribution is 5.85. The van der Waals surface area contributed by atoms with Gasteiger partial charge in [-0.15, -0.1) is 0 Å². The number of benzene rings is 1. The Balaban J connectivity index is 2.07. The van der Waals surface area contributed by atoms with Gasteiger partial charge in [0.2, 0.25) is 0 Å². The van der Waals surface area contributed by atoms with E-state index in [-0.39, 0.29) is 28.1 Å². The third kappa shape index (κ3) is 5.02. The second-order valence-corrected chi connectivity index (χ2v) is 7.35. The van der Waals surface area contributed by atoms with E-state index >= 15 is 0 Å². The lowest BCUT2D eigenvalue weighted by molar-refractivity contribution is -0.143. The van der Waals surface area contributed by atoms with Crippen LogP contribution in [-0.2, 0) is 13.2 Å². The number of aromatic nitrogens is 3. The molecule has 32 heavy (non-hydrogen) atoms. The Kier molecular flexibility index (Phi) is 7.03. The van der Waals surface area contributed by atoms with E-state index in [2.05, 4.69) is 17.0 Å². The Morgan fingerprint density at radius 3 is 2.59 bits per heavy atom. The van der Waals surface area contributed by atoms with Gasteiger partial charge in [-0.3, -0.25) is 9.67 Å². The number of halogens is 3. The quantitative estimate of drug-likeness (QED) is 0.450. The van der Waals surface area contributed by atoms with Gasteiger partial charge >= 0.3 is 6.18 Å². The van der Waals surface area contributed by atoms with Crippen molar-refractivity contribution >= 4 is 0 Å². The first-order valence-electron chi connectivity index (χ1n) is 10.2. The predicted molar refractivity (Wildman–Crippen MR) is 113 cm³/mol. The van der Waals surface area contributed by atoms with Crippen LogP contribution in [0.5, 0.6) is 11.5 Å². The third-order valence-corrected chi connectivity index (χ3v) is 5.00. The van der Waals surface area contributed by atoms with Crippen LogP contribution in [0.4, 0.5) is 13.2 Å². The van der Waals surface area contributed by atoms with Crippen LogP contribution in [0.15, 0.2) is 36.7 Å². The molecule has 0 spiro atoms. The van der Waals surface area contributed by atoms with Crippen molar-refractivity contribution in [2.24, 2.45) is 7.05 Å². The van der Waals surface area contributed by atoms with Crippen molar-refractivity contribution in [2.75, 3.05) is 6.61 Å². The van der Waals surface area contributed by atoms with Crippen LogP contribution in [0.25, 0.3) is 22.4 Å². The fourth-order valence-corrected chi connectivity index (χ4v) is 3.39. The average molecular weight is 444 g/mol. The molecule has 0 aliphatic heterocycles. The van der Waals surface area contributed by atoms with Gasteiger partial charge in [-0.25, -0.2) is 0 Å². The number of phenols is 1. The highest BCUT2D eigenvalue weighted by Gasteiger charge is 2.35. The summed E-state index contributed by atoms with van der Waals surface area (Å²) in [4.78, 5) is 4.03. The number of hydrogen-bond donors (Lipinski definition) is 1. The normalized spacial score (nSPS) is 11.4. The lowest BCUT2D eigenvalue weighted by Gasteiger charge is -2.15. The highest BCUT2D eigenvalue weighted by Crippen LogP contribution is 2.44. The van der Waals surface area contributed by atoms with Gasteiger partial charge in [0.15, 0.2) is 0 Å². The summed E-state index contributed by atoms with van der Waals surface area (Å²) in [6.07, 6.45) is 2.24. The van der Waals surface area contributed by atoms with E-state index in [4.69, 9.17) is 4.74 Å². The lowest BCUT2D eigenvalue weighted by Crippen LogP contribution is -2.11. The number of aromatic hydroxyl groups is 1. The zero-order chi connectivity index (χ0) is 23.3. The summed E-state index contributed by atoms with van der Waals surface area (Å²) in [6.45, 7) is 2.52. The number of hydrogen-bond acceptors (Lipinski definition) is 5. The molecule has 2 heterocycles. The number of unbranched alkanes of at least 4 members (excludes halogenated alkanes) is 3. The van der Waals surface area contributed by atoms with Gasteiger partial charge in [-0.05, 0) is 30.7 Å². The van der Waals surface area contributed by atoms with Crippen molar-refractivity contribution < 1.29 is 23.0 Å². The maximum absolute atomic E-state index is 13.2. The Labute approximate surface area is 183 Å². The Morgan fingerprint density at radius 2 is 1.94 bits per heavy atom. The molecule has 3 rings (SSSR count). The number of nitrogens with zero attached hydrogens (tertiary/aromatic N) is 4. The van der Waals surface area contributed by atoms with E-state index in [0.717, 1.165) is 36.4 Å². The van der Waals surface area contributed by atoms with Gasteiger partial charge in [0.25, 0.3) is 0 Å². The molecule has 1 N–H and O–H groups in total. The minimum Gasteiger partial charge on any atom is -0.506 e. The van der Waals surface area contributed by atoms with E-state index < -0.39 is 11.9 Å². The van der Waals surface area contributed by atoms with E-state index in [1.165, 1.54) is 31.6 Å². The average Bonchev–Trinajstić information content (AvgIpc) is 3.15. The Morgan fingerprint density at radius 1 is 1.16 bits per heavy atom. The summed E-state index contributed by atoms with van der Waals surface area (Å²) in [5.74, 6) is 0.0615. The number of phenolic OH excluding ortho intramolecular Hbond substituents is 1. The summed E-state index contributed by atoms with van der Waals surface area (Å²) >= 11 is 0. The number of ether oxygens (including phenoxy) is 1. The molecule has 6 nitrogen and oxygen atoms in total. The number of alkyl halides is 3. The minimum atomic E-state index is -4.58. The zero-order valence-electron chi connectivity index (χ0n) is 17.8. The van der Waals surface area contributed by atoms with E-state index in [1.54, 1.807) is 6.07 Å². The monoisotopic (exact) mass is 444 g/mol. The van der Waals surface area contributed by atoms with Gasteiger partial charge in [-0.2, -0.15) is 23.5 Å². The molecule has 0 amide bonds. The Hall–Kier alpha value is -3.54. The molecule has 0 saturated carbocycles. The maximum Gasteiger partial charge on any atom is 0.433 e. The molecule has 0 saturated heterocycles. The molecular weight excluding hydrogens is 421 g/mol. The van der Waals surface area contributed by atoms with E-state index in [1.807, 2.05) is 6.07 Å². The molecule has 0 unspecified atom stereocenters. The Bertz CT molecular complexity index is 1130. The van der Waals surface area contributed by atoms with Crippen molar-refractivity contribution in [3.8, 4) is 40.0 Å². The summed E-state index contributed by atoms with van der Waals surface area (Å²) in [5, 5.41) is 24.2. The van der Waals surface area contributed by atoms with E-state index in [9.17, 15) is 23.5 Å². The smallest absolute Gasteiger partial charge is 0.433 e. The molecular formula is C23H23F3N4O2. The van der Waals surface area contributed by atoms with Crippen LogP contribution >= 0.6 is 0 Å². The highest BCUT2D eigenvalue weighted by atomic mass is 19.4. The molecule has 0 aliphatic carbocycles. The van der Waals surface area contributed by atoms with Crippen LogP contribution < -0.4 is 4.74 Å². The van der Waals surface area contributed by atoms with Crippen LogP contribution in [0.2, 0.25) is 0 Å². The second-order valence-electron chi connectivity index (χ2n) is 7.35. The van der Waals surface area contributed by atoms with Gasteiger partial charge in [0.1, 0.15) is 23.3 Å². The summed E-state index contributed by atoms with van der Waals surface area (Å²) in [6, 6.07) is 7.48. The number of pyridine rings is 1. The van der Waals surface area contributed by atoms with Gasteiger partial charge < -0.3 is 9.84 Å². The fraction of sp³-hybridized carbons (Fsp3) is 0.348. The third-order valence-electron chi connectivity index (χ3n) is 5.00. The summed E-state index contributed by atoms with van der Waals surface area (Å²) in [5.41, 5.74) is 0.0984. The topological polar surface area (TPSA) is 84.0 Å². The largest absolute Gasteiger partial charge is 0.506 e. The van der Waals surface area contributed by atoms with Gasteiger partial charge in [0.05, 0.1) is 23.4 Å². The van der Waals surface area contributed by atoms with Crippen LogP contribution in [-0.4, -0.2) is 26.5 Å². The van der Waals surface area contributed by atoms with Crippen LogP contribution in [0, 0.1) is 11.3 Å². The standard InChI is InChI=1S/C23H23F3N4O2/c1-3-4-5-6-9-32-19-8-7-17(18-11-20(23(24,25)26)30(2)29-18)22(31)21(19)16-10-15(12-27)13-28-14-16/h7-8,10-11,13-14,31H,3-6,9H2,1-2H3. The molecule has 1 aromatic carbocycles. The molecule has 9 heteroatoms. The first-order chi connectivity index (χ1) is 15.3. The molecule has 168 valence electrons. The summed E-state index contributed by atoms with van der Waals surface area (Å²) in [7, 11) is 1.19. The lowest BCUT2D eigenvalue weighted by atomic mass is 9.99. The van der Waals surface area contributed by atoms with Crippen molar-refractivity contribution in [1.29, 1.82) is 5.26 Å². The van der Waals surface area contributed by atoms with Crippen molar-refractivity contribution in [2.45, 2.75) is 38.8 Å². The molecule has 0 atom stereocenters. The maximum atomic E-state index is 13.2. The van der Waals surface area contributed by atoms with Crippen molar-refractivity contribution in [1.82, 2.24) is 14.8 Å². The molecule has 0 aliphatic rings. The van der Waals surface area contributed by atoms with Gasteiger partial charge in [0, 0.05) is 30.6 Å². The zero-order valence-corrected chi connectivity index (χ0v) is 17.8. The molecule has 2 aromatic heterocycles. The molecule has 0 bridgehead atoms. The SMILES string of the molecule is CCCCCCOc1ccc(-c2cc(C(F)(F)F)n(C)n2)c(O)c1-c1cncc(C#N)c1. The molecule has 0 radical (unpaired) electrons. The first-order valence-corrected chi connectivity index (χ1v) is 10.2. The van der Waals surface area contributed by atoms with Crippen molar-refractivity contribution in [3.63, 3.8) is 0 Å². The molecule has 0 fully saturated rings. The van der Waals surface area contributed by atoms with Crippen LogP contribution in [0.1, 0.15) is 43.9 Å². The summed E-state index contributed by atoms with van der Waals surface area (Å²) < 4.78 is 46.3. The number of aryl methyl sites for hydroxylation is 1. The molecule has 3 aromatic rings. The minimum absolute atomic E-state index is 0.0301. The van der Waals surface area contributed by atoms with E-state index in [0.29, 0.717) is 17.9 Å². The second kappa shape index (κ2) is 9.73. The van der Waals surface area contributed by atoms with Gasteiger partial charge in [-0.1, -0.05) is 26.2 Å². The predicted octanol–water partition coefficient (Wildman–Crippen LogP) is 5.70. The van der Waals surface area contributed by atoms with Crippen molar-refractivity contribution in [3.05, 3.63) is 47.9 Å². The van der Waals surface area contributed by atoms with Crippen LogP contribution in [0.3, 0.4) is 0 Å². The number of nitriles is 1.